The molecule has 0 saturated carbocycles. The molecule has 1 unspecified atom stereocenters. The van der Waals surface area contributed by atoms with Gasteiger partial charge in [0, 0.05) is 19.1 Å². The van der Waals surface area contributed by atoms with Gasteiger partial charge < -0.3 is 10.2 Å². The van der Waals surface area contributed by atoms with E-state index in [9.17, 15) is 18.0 Å². The lowest BCUT2D eigenvalue weighted by Gasteiger charge is -2.26. The van der Waals surface area contributed by atoms with E-state index in [0.717, 1.165) is 19.5 Å². The van der Waals surface area contributed by atoms with Crippen LogP contribution in [0.5, 0.6) is 0 Å². The summed E-state index contributed by atoms with van der Waals surface area (Å²) in [4.78, 5) is 15.7. The van der Waals surface area contributed by atoms with Crippen molar-refractivity contribution in [3.63, 3.8) is 0 Å². The Balaban J connectivity index is 2.32. The van der Waals surface area contributed by atoms with Crippen LogP contribution < -0.4 is 5.32 Å². The zero-order chi connectivity index (χ0) is 14.5. The van der Waals surface area contributed by atoms with E-state index in [-0.39, 0.29) is 12.5 Å². The Morgan fingerprint density at radius 1 is 1.37 bits per heavy atom. The number of nitrogens with one attached hydrogen (secondary N) is 1. The molecule has 0 aromatic rings. The van der Waals surface area contributed by atoms with E-state index >= 15 is 0 Å². The van der Waals surface area contributed by atoms with E-state index < -0.39 is 12.7 Å². The Hall–Kier alpha value is -0.820. The Bertz CT molecular complexity index is 292. The molecule has 1 amide bonds. The molecule has 1 aliphatic heterocycles. The van der Waals surface area contributed by atoms with Gasteiger partial charge in [-0.25, -0.2) is 0 Å². The lowest BCUT2D eigenvalue weighted by Crippen LogP contribution is -2.42. The number of carbonyl (C=O) groups excluding carboxylic acids is 1. The number of hydrogen-bond acceptors (Lipinski definition) is 3. The third kappa shape index (κ3) is 5.36. The highest BCUT2D eigenvalue weighted by Crippen LogP contribution is 2.15. The van der Waals surface area contributed by atoms with Crippen LogP contribution >= 0.6 is 0 Å². The lowest BCUT2D eigenvalue weighted by atomic mass is 10.2. The number of alkyl halides is 3. The first-order valence-corrected chi connectivity index (χ1v) is 6.66. The minimum atomic E-state index is -4.27. The molecule has 0 aliphatic carbocycles. The summed E-state index contributed by atoms with van der Waals surface area (Å²) in [5, 5.41) is 2.14. The number of likely N-dealkylation sites (tertiary alicyclic amines) is 1. The molecule has 1 heterocycles. The molecule has 1 saturated heterocycles. The highest BCUT2D eigenvalue weighted by atomic mass is 19.4. The standard InChI is InChI=1S/C12H22F3N3O/c1-3-17(4-2)10-5-6-18(8-10)11(19)7-16-9-12(13,14)15/h10,16H,3-9H2,1-2H3. The Morgan fingerprint density at radius 2 is 2.00 bits per heavy atom. The number of likely N-dealkylation sites (N-methyl/N-ethyl adjacent to an activating group) is 1. The van der Waals surface area contributed by atoms with E-state index in [0.29, 0.717) is 19.1 Å². The summed E-state index contributed by atoms with van der Waals surface area (Å²) >= 11 is 0. The molecule has 0 bridgehead atoms. The second kappa shape index (κ2) is 7.09. The predicted octanol–water partition coefficient (Wildman–Crippen LogP) is 1.08. The summed E-state index contributed by atoms with van der Waals surface area (Å²) in [6.07, 6.45) is -3.37. The summed E-state index contributed by atoms with van der Waals surface area (Å²) in [5.41, 5.74) is 0. The van der Waals surface area contributed by atoms with Crippen LogP contribution in [0.1, 0.15) is 20.3 Å². The van der Waals surface area contributed by atoms with Crippen molar-refractivity contribution in [1.82, 2.24) is 15.1 Å². The van der Waals surface area contributed by atoms with Crippen molar-refractivity contribution < 1.29 is 18.0 Å². The maximum absolute atomic E-state index is 11.9. The highest BCUT2D eigenvalue weighted by molar-refractivity contribution is 5.78. The van der Waals surface area contributed by atoms with Gasteiger partial charge in [-0.1, -0.05) is 13.8 Å². The van der Waals surface area contributed by atoms with Crippen LogP contribution in [-0.4, -0.2) is 67.2 Å². The molecular formula is C12H22F3N3O. The fraction of sp³-hybridized carbons (Fsp3) is 0.917. The molecule has 1 fully saturated rings. The summed E-state index contributed by atoms with van der Waals surface area (Å²) in [6.45, 7) is 5.88. The van der Waals surface area contributed by atoms with E-state index in [2.05, 4.69) is 24.1 Å². The van der Waals surface area contributed by atoms with Crippen LogP contribution in [0.25, 0.3) is 0 Å². The second-order valence-electron chi connectivity index (χ2n) is 4.72. The average Bonchev–Trinajstić information content (AvgIpc) is 2.78. The minimum Gasteiger partial charge on any atom is -0.340 e. The summed E-state index contributed by atoms with van der Waals surface area (Å²) < 4.78 is 35.8. The molecule has 112 valence electrons. The molecule has 0 aromatic heterocycles. The van der Waals surface area contributed by atoms with Crippen LogP contribution in [0.4, 0.5) is 13.2 Å². The third-order valence-electron chi connectivity index (χ3n) is 3.45. The summed E-state index contributed by atoms with van der Waals surface area (Å²) in [5.74, 6) is -0.251. The van der Waals surface area contributed by atoms with Gasteiger partial charge in [0.05, 0.1) is 13.1 Å². The maximum atomic E-state index is 11.9. The van der Waals surface area contributed by atoms with Gasteiger partial charge in [-0.2, -0.15) is 13.2 Å². The van der Waals surface area contributed by atoms with Gasteiger partial charge >= 0.3 is 6.18 Å². The van der Waals surface area contributed by atoms with Crippen LogP contribution in [0.15, 0.2) is 0 Å². The molecular weight excluding hydrogens is 259 g/mol. The lowest BCUT2D eigenvalue weighted by molar-refractivity contribution is -0.133. The normalized spacial score (nSPS) is 20.3. The van der Waals surface area contributed by atoms with Gasteiger partial charge in [-0.15, -0.1) is 0 Å². The fourth-order valence-electron chi connectivity index (χ4n) is 2.43. The SMILES string of the molecule is CCN(CC)C1CCN(C(=O)CNCC(F)(F)F)C1. The van der Waals surface area contributed by atoms with Gasteiger partial charge in [0.1, 0.15) is 0 Å². The highest BCUT2D eigenvalue weighted by Gasteiger charge is 2.30. The number of halogens is 3. The van der Waals surface area contributed by atoms with E-state index in [1.807, 2.05) is 0 Å². The largest absolute Gasteiger partial charge is 0.401 e. The van der Waals surface area contributed by atoms with Crippen molar-refractivity contribution in [3.8, 4) is 0 Å². The number of hydrogen-bond donors (Lipinski definition) is 1. The van der Waals surface area contributed by atoms with Gasteiger partial charge in [0.2, 0.25) is 5.91 Å². The number of nitrogens with zero attached hydrogens (tertiary/aromatic N) is 2. The van der Waals surface area contributed by atoms with Crippen molar-refractivity contribution >= 4 is 5.91 Å². The number of rotatable bonds is 6. The van der Waals surface area contributed by atoms with Crippen LogP contribution in [0.3, 0.4) is 0 Å². The van der Waals surface area contributed by atoms with Gasteiger partial charge in [-0.05, 0) is 19.5 Å². The molecule has 1 N–H and O–H groups in total. The second-order valence-corrected chi connectivity index (χ2v) is 4.72. The van der Waals surface area contributed by atoms with Gasteiger partial charge in [0.25, 0.3) is 0 Å². The molecule has 1 atom stereocenters. The van der Waals surface area contributed by atoms with Crippen molar-refractivity contribution in [2.24, 2.45) is 0 Å². The topological polar surface area (TPSA) is 35.6 Å². The zero-order valence-electron chi connectivity index (χ0n) is 11.5. The first-order valence-electron chi connectivity index (χ1n) is 6.66. The number of amides is 1. The van der Waals surface area contributed by atoms with Crippen molar-refractivity contribution in [1.29, 1.82) is 0 Å². The maximum Gasteiger partial charge on any atom is 0.401 e. The van der Waals surface area contributed by atoms with E-state index in [1.54, 1.807) is 4.90 Å². The first-order chi connectivity index (χ1) is 8.87. The van der Waals surface area contributed by atoms with Crippen molar-refractivity contribution in [2.75, 3.05) is 39.3 Å². The predicted molar refractivity (Wildman–Crippen MR) is 66.8 cm³/mol. The van der Waals surface area contributed by atoms with Crippen LogP contribution in [-0.2, 0) is 4.79 Å². The van der Waals surface area contributed by atoms with E-state index in [1.165, 1.54) is 0 Å². The molecule has 0 aromatic carbocycles. The smallest absolute Gasteiger partial charge is 0.340 e. The molecule has 1 rings (SSSR count). The van der Waals surface area contributed by atoms with Gasteiger partial charge in [0.15, 0.2) is 0 Å². The molecule has 7 heteroatoms. The minimum absolute atomic E-state index is 0.246. The number of carbonyl (C=O) groups is 1. The van der Waals surface area contributed by atoms with Crippen LogP contribution in [0.2, 0.25) is 0 Å². The molecule has 19 heavy (non-hydrogen) atoms. The summed E-state index contributed by atoms with van der Waals surface area (Å²) in [7, 11) is 0. The molecule has 1 aliphatic rings. The van der Waals surface area contributed by atoms with Crippen molar-refractivity contribution in [2.45, 2.75) is 32.5 Å². The Labute approximate surface area is 111 Å². The van der Waals surface area contributed by atoms with Gasteiger partial charge in [-0.3, -0.25) is 9.69 Å². The Kier molecular flexibility index (Phi) is 6.06. The summed E-state index contributed by atoms with van der Waals surface area (Å²) in [6, 6.07) is 0.335. The van der Waals surface area contributed by atoms with Crippen LogP contribution in [0, 0.1) is 0 Å². The molecule has 0 radical (unpaired) electrons. The Morgan fingerprint density at radius 3 is 2.53 bits per heavy atom. The zero-order valence-corrected chi connectivity index (χ0v) is 11.5. The average molecular weight is 281 g/mol. The first kappa shape index (κ1) is 16.2. The monoisotopic (exact) mass is 281 g/mol. The fourth-order valence-corrected chi connectivity index (χ4v) is 2.43. The van der Waals surface area contributed by atoms with Crippen molar-refractivity contribution in [3.05, 3.63) is 0 Å². The van der Waals surface area contributed by atoms with E-state index in [4.69, 9.17) is 0 Å². The quantitative estimate of drug-likeness (QED) is 0.791. The third-order valence-corrected chi connectivity index (χ3v) is 3.45. The molecule has 4 nitrogen and oxygen atoms in total. The molecule has 0 spiro atoms.